The molecule has 1 N–H and O–H groups in total. The molecule has 0 amide bonds. The highest BCUT2D eigenvalue weighted by atomic mass is 19.4. The number of halogens is 3. The molecule has 0 radical (unpaired) electrons. The van der Waals surface area contributed by atoms with Crippen molar-refractivity contribution in [3.05, 3.63) is 0 Å². The summed E-state index contributed by atoms with van der Waals surface area (Å²) in [4.78, 5) is 1.91. The Morgan fingerprint density at radius 2 is 1.64 bits per heavy atom. The maximum absolute atomic E-state index is 12.4. The average Bonchev–Trinajstić information content (AvgIpc) is 2.03. The van der Waals surface area contributed by atoms with E-state index in [2.05, 4.69) is 0 Å². The zero-order valence-corrected chi connectivity index (χ0v) is 8.43. The van der Waals surface area contributed by atoms with Gasteiger partial charge in [-0.05, 0) is 39.8 Å². The largest absolute Gasteiger partial charge is 0.417 e. The Hall–Kier alpha value is -0.290. The van der Waals surface area contributed by atoms with Crippen molar-refractivity contribution >= 4 is 0 Å². The van der Waals surface area contributed by atoms with Gasteiger partial charge in [0.2, 0.25) is 0 Å². The van der Waals surface area contributed by atoms with Gasteiger partial charge in [-0.25, -0.2) is 0 Å². The first-order valence-corrected chi connectivity index (χ1v) is 4.72. The van der Waals surface area contributed by atoms with E-state index in [0.717, 1.165) is 0 Å². The van der Waals surface area contributed by atoms with Gasteiger partial charge in [0.05, 0.1) is 0 Å². The van der Waals surface area contributed by atoms with Crippen molar-refractivity contribution in [2.45, 2.75) is 43.5 Å². The first-order chi connectivity index (χ1) is 6.26. The first-order valence-electron chi connectivity index (χ1n) is 4.72. The lowest BCUT2D eigenvalue weighted by Crippen LogP contribution is -2.50. The smallest absolute Gasteiger partial charge is 0.380 e. The van der Waals surface area contributed by atoms with Crippen LogP contribution in [-0.4, -0.2) is 41.9 Å². The van der Waals surface area contributed by atoms with E-state index < -0.39 is 11.8 Å². The van der Waals surface area contributed by atoms with Crippen molar-refractivity contribution in [1.29, 1.82) is 0 Å². The third-order valence-corrected chi connectivity index (χ3v) is 3.04. The molecule has 1 fully saturated rings. The van der Waals surface area contributed by atoms with E-state index in [-0.39, 0.29) is 18.9 Å². The first kappa shape index (κ1) is 11.8. The molecule has 1 saturated carbocycles. The minimum absolute atomic E-state index is 0.164. The second-order valence-corrected chi connectivity index (χ2v) is 4.22. The summed E-state index contributed by atoms with van der Waals surface area (Å²) in [5.41, 5.74) is -2.44. The third kappa shape index (κ3) is 2.20. The molecule has 84 valence electrons. The summed E-state index contributed by atoms with van der Waals surface area (Å²) in [7, 11) is 3.70. The molecule has 5 heteroatoms. The number of hydrogen-bond acceptors (Lipinski definition) is 2. The molecule has 0 unspecified atom stereocenters. The number of alkyl halides is 3. The van der Waals surface area contributed by atoms with Gasteiger partial charge in [0.15, 0.2) is 5.60 Å². The molecule has 0 saturated heterocycles. The lowest BCUT2D eigenvalue weighted by atomic mass is 9.81. The standard InChI is InChI=1S/C9H16F3NO/c1-13(2)7-3-5-8(14,6-4-7)9(10,11)12/h7,14H,3-6H2,1-2H3. The lowest BCUT2D eigenvalue weighted by molar-refractivity contribution is -0.271. The van der Waals surface area contributed by atoms with Crippen molar-refractivity contribution in [2.24, 2.45) is 0 Å². The summed E-state index contributed by atoms with van der Waals surface area (Å²) < 4.78 is 37.2. The third-order valence-electron chi connectivity index (χ3n) is 3.04. The zero-order valence-electron chi connectivity index (χ0n) is 8.43. The summed E-state index contributed by atoms with van der Waals surface area (Å²) in [6.45, 7) is 0. The second kappa shape index (κ2) is 3.70. The number of nitrogens with zero attached hydrogens (tertiary/aromatic N) is 1. The molecule has 0 heterocycles. The van der Waals surface area contributed by atoms with Crippen LogP contribution in [0.5, 0.6) is 0 Å². The maximum atomic E-state index is 12.4. The van der Waals surface area contributed by atoms with E-state index in [9.17, 15) is 18.3 Å². The molecule has 0 aromatic heterocycles. The van der Waals surface area contributed by atoms with Gasteiger partial charge in [0.25, 0.3) is 0 Å². The monoisotopic (exact) mass is 211 g/mol. The molecular formula is C9H16F3NO. The number of aliphatic hydroxyl groups is 1. The van der Waals surface area contributed by atoms with E-state index in [1.807, 2.05) is 19.0 Å². The predicted molar refractivity (Wildman–Crippen MR) is 46.9 cm³/mol. The molecular weight excluding hydrogens is 195 g/mol. The van der Waals surface area contributed by atoms with Crippen LogP contribution in [0.25, 0.3) is 0 Å². The molecule has 14 heavy (non-hydrogen) atoms. The summed E-state index contributed by atoms with van der Waals surface area (Å²) in [5.74, 6) is 0. The Morgan fingerprint density at radius 3 is 1.93 bits per heavy atom. The van der Waals surface area contributed by atoms with E-state index in [1.54, 1.807) is 0 Å². The fourth-order valence-corrected chi connectivity index (χ4v) is 1.88. The molecule has 0 spiro atoms. The molecule has 1 aliphatic carbocycles. The Morgan fingerprint density at radius 1 is 1.21 bits per heavy atom. The topological polar surface area (TPSA) is 23.5 Å². The molecule has 1 rings (SSSR count). The fourth-order valence-electron chi connectivity index (χ4n) is 1.88. The van der Waals surface area contributed by atoms with Gasteiger partial charge in [0, 0.05) is 6.04 Å². The summed E-state index contributed by atoms with van der Waals surface area (Å²) in [6.07, 6.45) is -4.03. The van der Waals surface area contributed by atoms with Gasteiger partial charge < -0.3 is 10.0 Å². The number of rotatable bonds is 1. The normalized spacial score (nSPS) is 34.9. The van der Waals surface area contributed by atoms with E-state index in [0.29, 0.717) is 12.8 Å². The Balaban J connectivity index is 2.58. The molecule has 2 nitrogen and oxygen atoms in total. The predicted octanol–water partition coefficient (Wildman–Crippen LogP) is 1.78. The van der Waals surface area contributed by atoms with Crippen molar-refractivity contribution in [3.8, 4) is 0 Å². The van der Waals surface area contributed by atoms with Gasteiger partial charge in [-0.15, -0.1) is 0 Å². The Kier molecular flexibility index (Phi) is 3.11. The Labute approximate surface area is 81.7 Å². The van der Waals surface area contributed by atoms with E-state index >= 15 is 0 Å². The average molecular weight is 211 g/mol. The van der Waals surface area contributed by atoms with Gasteiger partial charge in [0.1, 0.15) is 0 Å². The van der Waals surface area contributed by atoms with Gasteiger partial charge >= 0.3 is 6.18 Å². The molecule has 0 bridgehead atoms. The summed E-state index contributed by atoms with van der Waals surface area (Å²) >= 11 is 0. The minimum Gasteiger partial charge on any atom is -0.380 e. The Bertz CT molecular complexity index is 195. The minimum atomic E-state index is -4.48. The van der Waals surface area contributed by atoms with Crippen LogP contribution in [0.3, 0.4) is 0 Å². The van der Waals surface area contributed by atoms with Crippen LogP contribution in [0.1, 0.15) is 25.7 Å². The summed E-state index contributed by atoms with van der Waals surface area (Å²) in [5, 5.41) is 9.36. The molecule has 0 aliphatic heterocycles. The fraction of sp³-hybridized carbons (Fsp3) is 1.00. The van der Waals surface area contributed by atoms with Crippen molar-refractivity contribution < 1.29 is 18.3 Å². The van der Waals surface area contributed by atoms with Crippen LogP contribution < -0.4 is 0 Å². The second-order valence-electron chi connectivity index (χ2n) is 4.22. The van der Waals surface area contributed by atoms with Crippen LogP contribution in [-0.2, 0) is 0 Å². The maximum Gasteiger partial charge on any atom is 0.417 e. The quantitative estimate of drug-likeness (QED) is 0.714. The van der Waals surface area contributed by atoms with Crippen molar-refractivity contribution in [3.63, 3.8) is 0 Å². The highest BCUT2D eigenvalue weighted by molar-refractivity contribution is 4.93. The van der Waals surface area contributed by atoms with Crippen LogP contribution in [0.2, 0.25) is 0 Å². The van der Waals surface area contributed by atoms with Gasteiger partial charge in [-0.2, -0.15) is 13.2 Å². The van der Waals surface area contributed by atoms with Crippen LogP contribution in [0.4, 0.5) is 13.2 Å². The van der Waals surface area contributed by atoms with Gasteiger partial charge in [-0.3, -0.25) is 0 Å². The molecule has 0 atom stereocenters. The highest BCUT2D eigenvalue weighted by Crippen LogP contribution is 2.41. The van der Waals surface area contributed by atoms with Crippen LogP contribution in [0, 0.1) is 0 Å². The number of hydrogen-bond donors (Lipinski definition) is 1. The van der Waals surface area contributed by atoms with E-state index in [4.69, 9.17) is 0 Å². The zero-order chi connectivity index (χ0) is 11.0. The highest BCUT2D eigenvalue weighted by Gasteiger charge is 2.54. The van der Waals surface area contributed by atoms with Crippen molar-refractivity contribution in [2.75, 3.05) is 14.1 Å². The lowest BCUT2D eigenvalue weighted by Gasteiger charge is -2.39. The molecule has 0 aromatic rings. The summed E-state index contributed by atoms with van der Waals surface area (Å²) in [6, 6.07) is 0.164. The molecule has 1 aliphatic rings. The van der Waals surface area contributed by atoms with Crippen LogP contribution >= 0.6 is 0 Å². The molecule has 0 aromatic carbocycles. The van der Waals surface area contributed by atoms with Crippen LogP contribution in [0.15, 0.2) is 0 Å². The SMILES string of the molecule is CN(C)C1CCC(O)(C(F)(F)F)CC1. The van der Waals surface area contributed by atoms with Gasteiger partial charge in [-0.1, -0.05) is 0 Å². The van der Waals surface area contributed by atoms with Crippen molar-refractivity contribution in [1.82, 2.24) is 4.90 Å². The van der Waals surface area contributed by atoms with E-state index in [1.165, 1.54) is 0 Å².